The van der Waals surface area contributed by atoms with Gasteiger partial charge in [-0.3, -0.25) is 4.79 Å². The van der Waals surface area contributed by atoms with Crippen molar-refractivity contribution >= 4 is 15.9 Å². The largest absolute Gasteiger partial charge is 0.341 e. The van der Waals surface area contributed by atoms with Gasteiger partial charge >= 0.3 is 0 Å². The molecule has 2 aromatic carbocycles. The van der Waals surface area contributed by atoms with E-state index in [1.54, 1.807) is 0 Å². The third-order valence-electron chi connectivity index (χ3n) is 5.99. The Morgan fingerprint density at radius 1 is 1.10 bits per heavy atom. The van der Waals surface area contributed by atoms with Crippen LogP contribution in [0.5, 0.6) is 0 Å². The van der Waals surface area contributed by atoms with E-state index >= 15 is 0 Å². The minimum atomic E-state index is -3.26. The summed E-state index contributed by atoms with van der Waals surface area (Å²) < 4.78 is 25.8. The molecule has 0 aromatic heterocycles. The molecule has 2 aliphatic rings. The minimum Gasteiger partial charge on any atom is -0.341 e. The van der Waals surface area contributed by atoms with Crippen molar-refractivity contribution < 1.29 is 13.2 Å². The maximum Gasteiger partial charge on any atom is 0.226 e. The topological polar surface area (TPSA) is 66.5 Å². The number of carbonyl (C=O) groups excluding carboxylic acids is 1. The molecule has 4 rings (SSSR count). The first kappa shape index (κ1) is 20.1. The van der Waals surface area contributed by atoms with Crippen LogP contribution in [0.25, 0.3) is 11.1 Å². The second-order valence-corrected chi connectivity index (χ2v) is 10.1. The number of hydrogen-bond acceptors (Lipinski definition) is 3. The van der Waals surface area contributed by atoms with Crippen LogP contribution in [0.15, 0.2) is 48.5 Å². The normalized spacial score (nSPS) is 24.3. The van der Waals surface area contributed by atoms with Crippen LogP contribution in [0.1, 0.15) is 36.3 Å². The van der Waals surface area contributed by atoms with Crippen LogP contribution in [-0.2, 0) is 14.8 Å². The summed E-state index contributed by atoms with van der Waals surface area (Å²) in [5.74, 6) is 0.396. The zero-order chi connectivity index (χ0) is 20.6. The summed E-state index contributed by atoms with van der Waals surface area (Å²) in [5, 5.41) is 0. The molecule has 0 radical (unpaired) electrons. The minimum absolute atomic E-state index is 0.00348. The lowest BCUT2D eigenvalue weighted by atomic mass is 9.92. The van der Waals surface area contributed by atoms with Gasteiger partial charge < -0.3 is 4.90 Å². The molecule has 2 fully saturated rings. The smallest absolute Gasteiger partial charge is 0.226 e. The fraction of sp³-hybridized carbons (Fsp3) is 0.435. The van der Waals surface area contributed by atoms with Crippen LogP contribution in [0, 0.1) is 12.8 Å². The van der Waals surface area contributed by atoms with Crippen LogP contribution in [0.4, 0.5) is 0 Å². The van der Waals surface area contributed by atoms with E-state index in [2.05, 4.69) is 42.0 Å². The summed E-state index contributed by atoms with van der Waals surface area (Å²) in [5.41, 5.74) is 4.90. The molecule has 3 unspecified atom stereocenters. The Morgan fingerprint density at radius 3 is 2.59 bits per heavy atom. The molecule has 2 aromatic rings. The number of sulfonamides is 1. The van der Waals surface area contributed by atoms with E-state index in [0.717, 1.165) is 19.3 Å². The van der Waals surface area contributed by atoms with Gasteiger partial charge in [0.1, 0.15) is 0 Å². The number of carbonyl (C=O) groups is 1. The molecule has 1 aliphatic heterocycles. The summed E-state index contributed by atoms with van der Waals surface area (Å²) in [6.07, 6.45) is 3.65. The van der Waals surface area contributed by atoms with E-state index in [4.69, 9.17) is 0 Å². The monoisotopic (exact) mass is 412 g/mol. The van der Waals surface area contributed by atoms with Gasteiger partial charge in [0.15, 0.2) is 0 Å². The van der Waals surface area contributed by atoms with E-state index in [9.17, 15) is 13.2 Å². The van der Waals surface area contributed by atoms with E-state index < -0.39 is 10.0 Å². The van der Waals surface area contributed by atoms with E-state index in [0.29, 0.717) is 13.1 Å². The zero-order valence-electron chi connectivity index (χ0n) is 17.0. The molecule has 1 heterocycles. The third kappa shape index (κ3) is 4.54. The fourth-order valence-electron chi connectivity index (χ4n) is 4.62. The maximum atomic E-state index is 13.1. The summed E-state index contributed by atoms with van der Waals surface area (Å²) in [4.78, 5) is 15.0. The van der Waals surface area contributed by atoms with Crippen LogP contribution in [0.2, 0.25) is 0 Å². The molecule has 1 N–H and O–H groups in total. The van der Waals surface area contributed by atoms with Crippen LogP contribution in [0.3, 0.4) is 0 Å². The van der Waals surface area contributed by atoms with E-state index in [-0.39, 0.29) is 23.8 Å². The zero-order valence-corrected chi connectivity index (χ0v) is 17.8. The van der Waals surface area contributed by atoms with Crippen molar-refractivity contribution in [2.45, 2.75) is 38.1 Å². The van der Waals surface area contributed by atoms with Crippen molar-refractivity contribution in [2.24, 2.45) is 5.92 Å². The Kier molecular flexibility index (Phi) is 5.49. The first-order valence-electron chi connectivity index (χ1n) is 10.2. The van der Waals surface area contributed by atoms with Gasteiger partial charge in [0.2, 0.25) is 15.9 Å². The van der Waals surface area contributed by atoms with Gasteiger partial charge in [0.25, 0.3) is 0 Å². The van der Waals surface area contributed by atoms with Crippen molar-refractivity contribution in [3.8, 4) is 11.1 Å². The van der Waals surface area contributed by atoms with Crippen molar-refractivity contribution in [3.63, 3.8) is 0 Å². The third-order valence-corrected chi connectivity index (χ3v) is 6.75. The molecule has 0 bridgehead atoms. The second-order valence-electron chi connectivity index (χ2n) is 8.37. The lowest BCUT2D eigenvalue weighted by Crippen LogP contribution is -2.49. The van der Waals surface area contributed by atoms with Gasteiger partial charge in [-0.05, 0) is 54.4 Å². The molecule has 1 aliphatic carbocycles. The van der Waals surface area contributed by atoms with Crippen molar-refractivity contribution in [1.29, 1.82) is 0 Å². The van der Waals surface area contributed by atoms with Gasteiger partial charge in [0.05, 0.1) is 6.26 Å². The van der Waals surface area contributed by atoms with Gasteiger partial charge in [-0.15, -0.1) is 0 Å². The number of rotatable bonds is 5. The molecule has 0 spiro atoms. The Morgan fingerprint density at radius 2 is 1.86 bits per heavy atom. The molecule has 29 heavy (non-hydrogen) atoms. The van der Waals surface area contributed by atoms with Crippen molar-refractivity contribution in [1.82, 2.24) is 9.62 Å². The number of aryl methyl sites for hydroxylation is 1. The highest BCUT2D eigenvalue weighted by atomic mass is 32.2. The average Bonchev–Trinajstić information content (AvgIpc) is 3.47. The van der Waals surface area contributed by atoms with Gasteiger partial charge in [-0.1, -0.05) is 48.5 Å². The van der Waals surface area contributed by atoms with Gasteiger partial charge in [-0.2, -0.15) is 0 Å². The molecule has 1 saturated heterocycles. The maximum absolute atomic E-state index is 13.1. The highest BCUT2D eigenvalue weighted by molar-refractivity contribution is 7.88. The average molecular weight is 413 g/mol. The second kappa shape index (κ2) is 7.92. The molecule has 1 saturated carbocycles. The van der Waals surface area contributed by atoms with E-state index in [1.807, 2.05) is 23.1 Å². The fourth-order valence-corrected chi connectivity index (χ4v) is 5.42. The summed E-state index contributed by atoms with van der Waals surface area (Å²) in [6, 6.07) is 16.5. The Labute approximate surface area is 173 Å². The summed E-state index contributed by atoms with van der Waals surface area (Å²) >= 11 is 0. The van der Waals surface area contributed by atoms with Crippen LogP contribution >= 0.6 is 0 Å². The van der Waals surface area contributed by atoms with Crippen LogP contribution < -0.4 is 4.72 Å². The summed E-state index contributed by atoms with van der Waals surface area (Å²) in [7, 11) is -3.26. The molecular formula is C23H28N2O3S. The number of nitrogens with zero attached hydrogens (tertiary/aromatic N) is 1. The van der Waals surface area contributed by atoms with Crippen molar-refractivity contribution in [2.75, 3.05) is 19.3 Å². The Bertz CT molecular complexity index is 1000. The quantitative estimate of drug-likeness (QED) is 0.819. The highest BCUT2D eigenvalue weighted by Gasteiger charge is 2.47. The summed E-state index contributed by atoms with van der Waals surface area (Å²) in [6.45, 7) is 3.30. The Balaban J connectivity index is 1.51. The molecule has 5 nitrogen and oxygen atoms in total. The molecule has 3 atom stereocenters. The number of hydrogen-bond donors (Lipinski definition) is 1. The van der Waals surface area contributed by atoms with E-state index in [1.165, 1.54) is 28.5 Å². The number of amides is 1. The van der Waals surface area contributed by atoms with Gasteiger partial charge in [-0.25, -0.2) is 13.1 Å². The number of piperidine rings is 1. The molecular weight excluding hydrogens is 384 g/mol. The number of nitrogens with one attached hydrogen (secondary N) is 1. The first-order chi connectivity index (χ1) is 13.8. The number of likely N-dealkylation sites (tertiary alicyclic amines) is 1. The lowest BCUT2D eigenvalue weighted by molar-refractivity contribution is -0.133. The predicted octanol–water partition coefficient (Wildman–Crippen LogP) is 3.31. The highest BCUT2D eigenvalue weighted by Crippen LogP contribution is 2.51. The molecule has 1 amide bonds. The molecule has 154 valence electrons. The molecule has 6 heteroatoms. The predicted molar refractivity (Wildman–Crippen MR) is 115 cm³/mol. The van der Waals surface area contributed by atoms with Crippen LogP contribution in [-0.4, -0.2) is 44.6 Å². The first-order valence-corrected chi connectivity index (χ1v) is 12.1. The standard InChI is InChI=1S/C23H28N2O3S/c1-16-8-6-12-19(22(16)17-9-4-3-5-10-17)20-14-21(20)23(26)25-13-7-11-18(15-25)24-29(2,27)28/h3-6,8-10,12,18,20-21,24H,7,11,13-15H2,1-2H3. The lowest BCUT2D eigenvalue weighted by Gasteiger charge is -2.33. The van der Waals surface area contributed by atoms with Crippen molar-refractivity contribution in [3.05, 3.63) is 59.7 Å². The Hall–Kier alpha value is -2.18. The number of benzene rings is 2. The SMILES string of the molecule is Cc1cccc(C2CC2C(=O)N2CCCC(NS(C)(=O)=O)C2)c1-c1ccccc1. The van der Waals surface area contributed by atoms with Gasteiger partial charge in [0, 0.05) is 25.0 Å².